The zero-order chi connectivity index (χ0) is 14.9. The number of piperazine rings is 1. The number of nitrogens with one attached hydrogen (secondary N) is 1. The van der Waals surface area contributed by atoms with E-state index >= 15 is 0 Å². The third kappa shape index (κ3) is 2.68. The van der Waals surface area contributed by atoms with E-state index in [9.17, 15) is 9.59 Å². The molecule has 0 aromatic heterocycles. The summed E-state index contributed by atoms with van der Waals surface area (Å²) in [5.74, 6) is 0.186. The minimum absolute atomic E-state index is 0.00772. The van der Waals surface area contributed by atoms with Crippen LogP contribution in [0.3, 0.4) is 0 Å². The van der Waals surface area contributed by atoms with Crippen molar-refractivity contribution in [3.8, 4) is 0 Å². The summed E-state index contributed by atoms with van der Waals surface area (Å²) >= 11 is 0. The molecule has 1 saturated carbocycles. The second-order valence-electron chi connectivity index (χ2n) is 6.22. The van der Waals surface area contributed by atoms with Crippen molar-refractivity contribution < 1.29 is 14.3 Å². The molecule has 2 amide bonds. The molecule has 5 nitrogen and oxygen atoms in total. The van der Waals surface area contributed by atoms with Crippen LogP contribution in [0.4, 0.5) is 0 Å². The summed E-state index contributed by atoms with van der Waals surface area (Å²) in [5.41, 5.74) is 0. The van der Waals surface area contributed by atoms with Crippen molar-refractivity contribution in [3.05, 3.63) is 0 Å². The standard InChI is InChI=1S/C15H26N2O3/c1-5-12-14(18)16-13(9(2)3)15(19)17(12)10-6-7-11(8-10)20-4/h9-13H,5-8H2,1-4H3,(H,16,18). The molecule has 0 spiro atoms. The lowest BCUT2D eigenvalue weighted by Crippen LogP contribution is -2.66. The Labute approximate surface area is 121 Å². The van der Waals surface area contributed by atoms with E-state index in [1.807, 2.05) is 25.7 Å². The summed E-state index contributed by atoms with van der Waals surface area (Å²) < 4.78 is 5.40. The number of amides is 2. The fraction of sp³-hybridized carbons (Fsp3) is 0.867. The third-order valence-electron chi connectivity index (χ3n) is 4.59. The molecule has 4 unspecified atom stereocenters. The quantitative estimate of drug-likeness (QED) is 0.846. The van der Waals surface area contributed by atoms with Crippen molar-refractivity contribution in [3.63, 3.8) is 0 Å². The van der Waals surface area contributed by atoms with Crippen LogP contribution in [0.2, 0.25) is 0 Å². The number of carbonyl (C=O) groups is 2. The largest absolute Gasteiger partial charge is 0.381 e. The van der Waals surface area contributed by atoms with E-state index in [2.05, 4.69) is 5.32 Å². The van der Waals surface area contributed by atoms with Crippen molar-refractivity contribution in [2.75, 3.05) is 7.11 Å². The van der Waals surface area contributed by atoms with E-state index in [1.54, 1.807) is 7.11 Å². The second kappa shape index (κ2) is 6.12. The van der Waals surface area contributed by atoms with E-state index in [0.29, 0.717) is 6.42 Å². The normalized spacial score (nSPS) is 34.8. The maximum atomic E-state index is 12.7. The lowest BCUT2D eigenvalue weighted by molar-refractivity contribution is -0.153. The van der Waals surface area contributed by atoms with Crippen LogP contribution in [0.5, 0.6) is 0 Å². The highest BCUT2D eigenvalue weighted by atomic mass is 16.5. The Balaban J connectivity index is 2.21. The van der Waals surface area contributed by atoms with E-state index in [0.717, 1.165) is 19.3 Å². The topological polar surface area (TPSA) is 58.6 Å². The summed E-state index contributed by atoms with van der Waals surface area (Å²) in [6.45, 7) is 5.91. The fourth-order valence-electron chi connectivity index (χ4n) is 3.40. The van der Waals surface area contributed by atoms with Crippen LogP contribution in [-0.4, -0.2) is 48.1 Å². The molecule has 1 saturated heterocycles. The van der Waals surface area contributed by atoms with Crippen LogP contribution in [-0.2, 0) is 14.3 Å². The molecule has 2 rings (SSSR count). The van der Waals surface area contributed by atoms with Crippen LogP contribution in [0.25, 0.3) is 0 Å². The summed E-state index contributed by atoms with van der Waals surface area (Å²) in [4.78, 5) is 26.9. The zero-order valence-corrected chi connectivity index (χ0v) is 12.9. The van der Waals surface area contributed by atoms with Gasteiger partial charge in [-0.15, -0.1) is 0 Å². The lowest BCUT2D eigenvalue weighted by atomic mass is 9.95. The molecule has 0 bridgehead atoms. The van der Waals surface area contributed by atoms with Crippen LogP contribution in [0.15, 0.2) is 0 Å². The number of rotatable bonds is 4. The summed E-state index contributed by atoms with van der Waals surface area (Å²) in [6, 6.07) is -0.560. The first-order valence-corrected chi connectivity index (χ1v) is 7.64. The van der Waals surface area contributed by atoms with Crippen molar-refractivity contribution in [1.29, 1.82) is 0 Å². The highest BCUT2D eigenvalue weighted by molar-refractivity contribution is 5.97. The molecule has 0 aromatic carbocycles. The highest BCUT2D eigenvalue weighted by Gasteiger charge is 2.45. The van der Waals surface area contributed by atoms with Gasteiger partial charge in [-0.2, -0.15) is 0 Å². The van der Waals surface area contributed by atoms with Gasteiger partial charge < -0.3 is 15.0 Å². The number of nitrogens with zero attached hydrogens (tertiary/aromatic N) is 1. The monoisotopic (exact) mass is 282 g/mol. The van der Waals surface area contributed by atoms with Gasteiger partial charge in [-0.1, -0.05) is 20.8 Å². The van der Waals surface area contributed by atoms with Gasteiger partial charge in [0.05, 0.1) is 6.10 Å². The first-order valence-electron chi connectivity index (χ1n) is 7.64. The molecule has 1 N–H and O–H groups in total. The molecule has 1 heterocycles. The molecule has 5 heteroatoms. The Hall–Kier alpha value is -1.10. The van der Waals surface area contributed by atoms with Gasteiger partial charge in [0.1, 0.15) is 12.1 Å². The van der Waals surface area contributed by atoms with E-state index < -0.39 is 0 Å². The predicted octanol–water partition coefficient (Wildman–Crippen LogP) is 1.32. The minimum atomic E-state index is -0.383. The number of methoxy groups -OCH3 is 1. The molecule has 114 valence electrons. The van der Waals surface area contributed by atoms with Gasteiger partial charge in [-0.25, -0.2) is 0 Å². The van der Waals surface area contributed by atoms with Crippen LogP contribution in [0, 0.1) is 5.92 Å². The van der Waals surface area contributed by atoms with Crippen LogP contribution in [0.1, 0.15) is 46.5 Å². The van der Waals surface area contributed by atoms with Gasteiger partial charge in [0.2, 0.25) is 11.8 Å². The van der Waals surface area contributed by atoms with Gasteiger partial charge in [-0.3, -0.25) is 9.59 Å². The van der Waals surface area contributed by atoms with E-state index in [-0.39, 0.29) is 42.0 Å². The average Bonchev–Trinajstić information content (AvgIpc) is 2.88. The molecular weight excluding hydrogens is 256 g/mol. The molecule has 2 aliphatic rings. The zero-order valence-electron chi connectivity index (χ0n) is 12.9. The predicted molar refractivity (Wildman–Crippen MR) is 76.1 cm³/mol. The summed E-state index contributed by atoms with van der Waals surface area (Å²) in [6.07, 6.45) is 3.62. The molecule has 0 aromatic rings. The van der Waals surface area contributed by atoms with Crippen molar-refractivity contribution in [2.24, 2.45) is 5.92 Å². The summed E-state index contributed by atoms with van der Waals surface area (Å²) in [7, 11) is 1.71. The molecule has 20 heavy (non-hydrogen) atoms. The smallest absolute Gasteiger partial charge is 0.246 e. The Bertz CT molecular complexity index is 383. The first kappa shape index (κ1) is 15.3. The molecule has 4 atom stereocenters. The molecule has 2 fully saturated rings. The minimum Gasteiger partial charge on any atom is -0.381 e. The number of carbonyl (C=O) groups excluding carboxylic acids is 2. The van der Waals surface area contributed by atoms with Gasteiger partial charge in [0.25, 0.3) is 0 Å². The van der Waals surface area contributed by atoms with Gasteiger partial charge in [0.15, 0.2) is 0 Å². The lowest BCUT2D eigenvalue weighted by Gasteiger charge is -2.43. The Morgan fingerprint density at radius 3 is 2.55 bits per heavy atom. The maximum Gasteiger partial charge on any atom is 0.246 e. The van der Waals surface area contributed by atoms with Crippen molar-refractivity contribution in [1.82, 2.24) is 10.2 Å². The Kier molecular flexibility index (Phi) is 4.68. The molecule has 1 aliphatic carbocycles. The van der Waals surface area contributed by atoms with Crippen molar-refractivity contribution >= 4 is 11.8 Å². The Morgan fingerprint density at radius 2 is 2.05 bits per heavy atom. The van der Waals surface area contributed by atoms with Gasteiger partial charge in [0, 0.05) is 13.2 Å². The highest BCUT2D eigenvalue weighted by Crippen LogP contribution is 2.31. The Morgan fingerprint density at radius 1 is 1.35 bits per heavy atom. The van der Waals surface area contributed by atoms with Crippen LogP contribution >= 0.6 is 0 Å². The average molecular weight is 282 g/mol. The second-order valence-corrected chi connectivity index (χ2v) is 6.22. The van der Waals surface area contributed by atoms with Gasteiger partial charge in [-0.05, 0) is 31.6 Å². The third-order valence-corrected chi connectivity index (χ3v) is 4.59. The molecule has 1 aliphatic heterocycles. The SMILES string of the molecule is CCC1C(=O)NC(C(C)C)C(=O)N1C1CCC(OC)C1. The molecular formula is C15H26N2O3. The maximum absolute atomic E-state index is 12.7. The van der Waals surface area contributed by atoms with Crippen molar-refractivity contribution in [2.45, 2.75) is 70.7 Å². The van der Waals surface area contributed by atoms with Gasteiger partial charge >= 0.3 is 0 Å². The number of hydrogen-bond acceptors (Lipinski definition) is 3. The van der Waals surface area contributed by atoms with E-state index in [4.69, 9.17) is 4.74 Å². The number of ether oxygens (including phenoxy) is 1. The summed E-state index contributed by atoms with van der Waals surface area (Å²) in [5, 5.41) is 2.88. The van der Waals surface area contributed by atoms with E-state index in [1.165, 1.54) is 0 Å². The first-order chi connectivity index (χ1) is 9.49. The number of hydrogen-bond donors (Lipinski definition) is 1. The van der Waals surface area contributed by atoms with Crippen LogP contribution < -0.4 is 5.32 Å². The fourth-order valence-corrected chi connectivity index (χ4v) is 3.40. The molecule has 0 radical (unpaired) electrons.